The molecule has 0 unspecified atom stereocenters. The molecule has 1 spiro atoms. The van der Waals surface area contributed by atoms with Crippen molar-refractivity contribution in [3.8, 4) is 0 Å². The lowest BCUT2D eigenvalue weighted by Crippen LogP contribution is -2.56. The Kier molecular flexibility index (Phi) is 4.44. The molecule has 1 heterocycles. The van der Waals surface area contributed by atoms with Crippen molar-refractivity contribution in [1.29, 1.82) is 0 Å². The molecule has 0 radical (unpaired) electrons. The average Bonchev–Trinajstić information content (AvgIpc) is 2.99. The van der Waals surface area contributed by atoms with Crippen molar-refractivity contribution in [2.24, 2.45) is 0 Å². The molecule has 2 aliphatic rings. The molecule has 23 heavy (non-hydrogen) atoms. The van der Waals surface area contributed by atoms with Crippen LogP contribution in [0.4, 0.5) is 16.2 Å². The third kappa shape index (κ3) is 3.43. The van der Waals surface area contributed by atoms with E-state index in [4.69, 9.17) is 9.47 Å². The van der Waals surface area contributed by atoms with Crippen LogP contribution in [-0.4, -0.2) is 36.0 Å². The second-order valence-corrected chi connectivity index (χ2v) is 5.71. The maximum absolute atomic E-state index is 12.2. The highest BCUT2D eigenvalue weighted by atomic mass is 16.7. The lowest BCUT2D eigenvalue weighted by Gasteiger charge is -2.39. The van der Waals surface area contributed by atoms with Crippen LogP contribution in [0.2, 0.25) is 0 Å². The van der Waals surface area contributed by atoms with Crippen LogP contribution in [0.3, 0.4) is 0 Å². The van der Waals surface area contributed by atoms with Crippen molar-refractivity contribution in [3.05, 3.63) is 34.4 Å². The summed E-state index contributed by atoms with van der Waals surface area (Å²) in [7, 11) is 0. The fourth-order valence-corrected chi connectivity index (χ4v) is 3.13. The summed E-state index contributed by atoms with van der Waals surface area (Å²) in [6.45, 7) is 1.06. The summed E-state index contributed by atoms with van der Waals surface area (Å²) in [5.74, 6) is -0.724. The Morgan fingerprint density at radius 3 is 2.83 bits per heavy atom. The van der Waals surface area contributed by atoms with Gasteiger partial charge in [-0.2, -0.15) is 0 Å². The number of hydrogen-bond acceptors (Lipinski definition) is 5. The number of urea groups is 1. The largest absolute Gasteiger partial charge is 0.346 e. The zero-order valence-electron chi connectivity index (χ0n) is 12.6. The number of carbonyl (C=O) groups is 1. The highest BCUT2D eigenvalue weighted by molar-refractivity contribution is 5.89. The van der Waals surface area contributed by atoms with Crippen LogP contribution < -0.4 is 10.6 Å². The van der Waals surface area contributed by atoms with E-state index < -0.39 is 16.7 Å². The Hall–Kier alpha value is -2.19. The molecule has 8 nitrogen and oxygen atoms in total. The minimum Gasteiger partial charge on any atom is -0.346 e. The third-order valence-corrected chi connectivity index (χ3v) is 4.20. The number of nitro benzene ring substituents is 1. The minimum atomic E-state index is -0.724. The normalized spacial score (nSPS) is 22.7. The quantitative estimate of drug-likeness (QED) is 0.657. The van der Waals surface area contributed by atoms with Crippen LogP contribution in [0.15, 0.2) is 24.3 Å². The molecular formula is C15H19N3O5. The molecular weight excluding hydrogens is 302 g/mol. The van der Waals surface area contributed by atoms with Crippen molar-refractivity contribution >= 4 is 17.4 Å². The van der Waals surface area contributed by atoms with E-state index in [1.807, 2.05) is 0 Å². The van der Waals surface area contributed by atoms with E-state index in [1.165, 1.54) is 18.2 Å². The molecule has 0 aromatic heterocycles. The second kappa shape index (κ2) is 6.51. The molecule has 8 heteroatoms. The Bertz CT molecular complexity index is 601. The molecule has 0 bridgehead atoms. The van der Waals surface area contributed by atoms with E-state index in [9.17, 15) is 14.9 Å². The highest BCUT2D eigenvalue weighted by Gasteiger charge is 2.46. The van der Waals surface area contributed by atoms with Crippen LogP contribution in [0, 0.1) is 10.1 Å². The van der Waals surface area contributed by atoms with Gasteiger partial charge in [0.15, 0.2) is 5.79 Å². The standard InChI is InChI=1S/C15H19N3O5/c19-14(16-11-4-3-5-12(10-11)18(20)21)17-13-6-1-2-7-15(13)22-8-9-23-15/h3-5,10,13H,1-2,6-9H2,(H2,16,17,19)/t13-/m1/s1. The molecule has 2 fully saturated rings. The van der Waals surface area contributed by atoms with E-state index in [2.05, 4.69) is 10.6 Å². The predicted molar refractivity (Wildman–Crippen MR) is 82.1 cm³/mol. The van der Waals surface area contributed by atoms with E-state index in [-0.39, 0.29) is 11.7 Å². The summed E-state index contributed by atoms with van der Waals surface area (Å²) < 4.78 is 11.5. The first-order valence-electron chi connectivity index (χ1n) is 7.69. The number of benzene rings is 1. The first kappa shape index (κ1) is 15.7. The number of rotatable bonds is 3. The van der Waals surface area contributed by atoms with Crippen molar-refractivity contribution in [3.63, 3.8) is 0 Å². The number of nitro groups is 1. The van der Waals surface area contributed by atoms with Gasteiger partial charge in [0.2, 0.25) is 0 Å². The number of hydrogen-bond donors (Lipinski definition) is 2. The van der Waals surface area contributed by atoms with Crippen LogP contribution >= 0.6 is 0 Å². The summed E-state index contributed by atoms with van der Waals surface area (Å²) in [4.78, 5) is 22.5. The topological polar surface area (TPSA) is 103 Å². The lowest BCUT2D eigenvalue weighted by atomic mass is 9.89. The lowest BCUT2D eigenvalue weighted by molar-refractivity contribution is -0.384. The smallest absolute Gasteiger partial charge is 0.319 e. The van der Waals surface area contributed by atoms with Gasteiger partial charge in [-0.25, -0.2) is 4.79 Å². The number of nitrogens with zero attached hydrogens (tertiary/aromatic N) is 1. The first-order valence-corrected chi connectivity index (χ1v) is 7.69. The zero-order chi connectivity index (χ0) is 16.3. The number of non-ortho nitro benzene ring substituents is 1. The first-order chi connectivity index (χ1) is 11.1. The molecule has 1 atom stereocenters. The molecule has 1 saturated heterocycles. The zero-order valence-corrected chi connectivity index (χ0v) is 12.6. The third-order valence-electron chi connectivity index (χ3n) is 4.20. The number of ether oxygens (including phenoxy) is 2. The summed E-state index contributed by atoms with van der Waals surface area (Å²) in [5, 5.41) is 16.3. The Morgan fingerprint density at radius 1 is 1.30 bits per heavy atom. The van der Waals surface area contributed by atoms with Crippen molar-refractivity contribution in [1.82, 2.24) is 5.32 Å². The van der Waals surface area contributed by atoms with Gasteiger partial charge in [-0.15, -0.1) is 0 Å². The highest BCUT2D eigenvalue weighted by Crippen LogP contribution is 2.36. The SMILES string of the molecule is O=C(Nc1cccc([N+](=O)[O-])c1)N[C@@H]1CCCCC12OCCO2. The molecule has 1 aromatic carbocycles. The fraction of sp³-hybridized carbons (Fsp3) is 0.533. The van der Waals surface area contributed by atoms with Gasteiger partial charge < -0.3 is 20.1 Å². The molecule has 1 aliphatic carbocycles. The fourth-order valence-electron chi connectivity index (χ4n) is 3.13. The molecule has 1 aromatic rings. The van der Waals surface area contributed by atoms with Crippen LogP contribution in [0.1, 0.15) is 25.7 Å². The number of anilines is 1. The summed E-state index contributed by atoms with van der Waals surface area (Å²) in [6.07, 6.45) is 3.54. The van der Waals surface area contributed by atoms with E-state index in [0.717, 1.165) is 25.7 Å². The van der Waals surface area contributed by atoms with Crippen molar-refractivity contribution < 1.29 is 19.2 Å². The molecule has 2 amide bonds. The summed E-state index contributed by atoms with van der Waals surface area (Å²) in [6, 6.07) is 5.18. The van der Waals surface area contributed by atoms with Crippen molar-refractivity contribution in [2.45, 2.75) is 37.5 Å². The minimum absolute atomic E-state index is 0.0700. The van der Waals surface area contributed by atoms with Crippen LogP contribution in [0.25, 0.3) is 0 Å². The van der Waals surface area contributed by atoms with Gasteiger partial charge >= 0.3 is 6.03 Å². The molecule has 3 rings (SSSR count). The molecule has 1 aliphatic heterocycles. The summed E-state index contributed by atoms with van der Waals surface area (Å²) in [5.41, 5.74) is 0.300. The van der Waals surface area contributed by atoms with E-state index in [1.54, 1.807) is 6.07 Å². The number of nitrogens with one attached hydrogen (secondary N) is 2. The van der Waals surface area contributed by atoms with Crippen LogP contribution in [-0.2, 0) is 9.47 Å². The molecule has 124 valence electrons. The molecule has 2 N–H and O–H groups in total. The van der Waals surface area contributed by atoms with E-state index in [0.29, 0.717) is 18.9 Å². The van der Waals surface area contributed by atoms with Gasteiger partial charge in [0.25, 0.3) is 5.69 Å². The van der Waals surface area contributed by atoms with Gasteiger partial charge in [0.1, 0.15) is 0 Å². The Morgan fingerprint density at radius 2 is 2.09 bits per heavy atom. The van der Waals surface area contributed by atoms with E-state index >= 15 is 0 Å². The maximum Gasteiger partial charge on any atom is 0.319 e. The Balaban J connectivity index is 1.64. The maximum atomic E-state index is 12.2. The van der Waals surface area contributed by atoms with Gasteiger partial charge in [0, 0.05) is 24.2 Å². The number of carbonyl (C=O) groups excluding carboxylic acids is 1. The van der Waals surface area contributed by atoms with Gasteiger partial charge in [-0.1, -0.05) is 12.5 Å². The van der Waals surface area contributed by atoms with Gasteiger partial charge in [0.05, 0.1) is 24.2 Å². The monoisotopic (exact) mass is 321 g/mol. The second-order valence-electron chi connectivity index (χ2n) is 5.71. The van der Waals surface area contributed by atoms with Gasteiger partial charge in [-0.3, -0.25) is 10.1 Å². The average molecular weight is 321 g/mol. The van der Waals surface area contributed by atoms with Crippen molar-refractivity contribution in [2.75, 3.05) is 18.5 Å². The predicted octanol–water partition coefficient (Wildman–Crippen LogP) is 2.40. The number of amides is 2. The molecule has 1 saturated carbocycles. The Labute approximate surface area is 133 Å². The van der Waals surface area contributed by atoms with Crippen LogP contribution in [0.5, 0.6) is 0 Å². The van der Waals surface area contributed by atoms with Gasteiger partial charge in [-0.05, 0) is 18.9 Å². The summed E-state index contributed by atoms with van der Waals surface area (Å²) >= 11 is 0.